The van der Waals surface area contributed by atoms with Gasteiger partial charge in [0.2, 0.25) is 5.92 Å². The molecule has 1 N–H and O–H groups in total. The van der Waals surface area contributed by atoms with E-state index >= 15 is 0 Å². The molecule has 250 valence electrons. The molecule has 1 fully saturated rings. The molecule has 2 amide bonds. The quantitative estimate of drug-likeness (QED) is 0.265. The topological polar surface area (TPSA) is 119 Å². The van der Waals surface area contributed by atoms with E-state index in [4.69, 9.17) is 4.43 Å². The minimum absolute atomic E-state index is 0.0496. The standard InChI is InChI=1S/C32H44F2N6O4SSi/c1-22-26(23-18-36-39(5)20-23)19-35-29(40-15-10-13-32(33,34)14-16-40)28(22)30(42)37-24-11-9-12-25(17-24)45(6,43)38-27(41)21-44-46(7,8)31(2,3)4/h9,11-12,17-20H,10,13-16,21H2,1-8H3,(H,37,42). The largest absolute Gasteiger partial charge is 0.407 e. The lowest BCUT2D eigenvalue weighted by Gasteiger charge is -2.35. The van der Waals surface area contributed by atoms with Crippen LogP contribution < -0.4 is 10.2 Å². The van der Waals surface area contributed by atoms with Gasteiger partial charge < -0.3 is 14.6 Å². The molecule has 1 aliphatic heterocycles. The van der Waals surface area contributed by atoms with Crippen molar-refractivity contribution in [3.05, 3.63) is 54.0 Å². The van der Waals surface area contributed by atoms with Crippen LogP contribution in [0.3, 0.4) is 0 Å². The van der Waals surface area contributed by atoms with Crippen LogP contribution in [0.25, 0.3) is 11.1 Å². The number of hydrogen-bond acceptors (Lipinski definition) is 7. The Balaban J connectivity index is 1.65. The van der Waals surface area contributed by atoms with E-state index < -0.39 is 35.8 Å². The summed E-state index contributed by atoms with van der Waals surface area (Å²) in [5.41, 5.74) is 2.63. The number of aryl methyl sites for hydroxylation is 1. The van der Waals surface area contributed by atoms with Crippen LogP contribution in [0, 0.1) is 6.92 Å². The summed E-state index contributed by atoms with van der Waals surface area (Å²) in [6.45, 7) is 12.1. The first-order valence-corrected chi connectivity index (χ1v) is 20.0. The van der Waals surface area contributed by atoms with Crippen LogP contribution in [0.4, 0.5) is 20.3 Å². The maximum absolute atomic E-state index is 14.2. The lowest BCUT2D eigenvalue weighted by molar-refractivity contribution is -0.119. The average molecular weight is 675 g/mol. The molecule has 1 aliphatic rings. The first kappa shape index (κ1) is 35.4. The number of rotatable bonds is 8. The summed E-state index contributed by atoms with van der Waals surface area (Å²) in [6.07, 6.45) is 6.18. The molecular formula is C32H44F2N6O4SSi. The number of carbonyl (C=O) groups is 2. The van der Waals surface area contributed by atoms with E-state index in [1.807, 2.05) is 13.1 Å². The van der Waals surface area contributed by atoms with Crippen molar-refractivity contribution >= 4 is 41.4 Å². The highest BCUT2D eigenvalue weighted by molar-refractivity contribution is 7.93. The van der Waals surface area contributed by atoms with Crippen molar-refractivity contribution in [1.82, 2.24) is 14.8 Å². The molecule has 4 rings (SSSR count). The van der Waals surface area contributed by atoms with Gasteiger partial charge in [-0.1, -0.05) is 26.8 Å². The van der Waals surface area contributed by atoms with Gasteiger partial charge in [0.05, 0.1) is 21.5 Å². The minimum atomic E-state index is -3.17. The number of alkyl halides is 2. The monoisotopic (exact) mass is 674 g/mol. The maximum atomic E-state index is 14.2. The number of aromatic nitrogens is 3. The van der Waals surface area contributed by atoms with Crippen molar-refractivity contribution in [2.24, 2.45) is 11.4 Å². The molecule has 3 aromatic rings. The zero-order valence-electron chi connectivity index (χ0n) is 27.8. The van der Waals surface area contributed by atoms with Crippen LogP contribution in [-0.4, -0.2) is 71.0 Å². The van der Waals surface area contributed by atoms with Crippen molar-refractivity contribution in [2.75, 3.05) is 36.2 Å². The van der Waals surface area contributed by atoms with Crippen LogP contribution >= 0.6 is 0 Å². The number of benzene rings is 1. The van der Waals surface area contributed by atoms with Crippen molar-refractivity contribution < 1.29 is 27.0 Å². The number of carbonyl (C=O) groups excluding carboxylic acids is 2. The van der Waals surface area contributed by atoms with E-state index in [-0.39, 0.29) is 47.9 Å². The van der Waals surface area contributed by atoms with Gasteiger partial charge in [0.1, 0.15) is 12.4 Å². The van der Waals surface area contributed by atoms with Crippen LogP contribution in [-0.2, 0) is 26.0 Å². The smallest absolute Gasteiger partial charge is 0.278 e. The molecule has 3 heterocycles. The number of anilines is 2. The molecular weight excluding hydrogens is 631 g/mol. The van der Waals surface area contributed by atoms with Crippen molar-refractivity contribution in [3.8, 4) is 11.1 Å². The summed E-state index contributed by atoms with van der Waals surface area (Å²) in [4.78, 5) is 33.3. The Morgan fingerprint density at radius 2 is 1.89 bits per heavy atom. The zero-order valence-corrected chi connectivity index (χ0v) is 29.6. The second kappa shape index (κ2) is 13.3. The molecule has 46 heavy (non-hydrogen) atoms. The van der Waals surface area contributed by atoms with Crippen LogP contribution in [0.5, 0.6) is 0 Å². The van der Waals surface area contributed by atoms with Gasteiger partial charge in [0.15, 0.2) is 8.32 Å². The molecule has 0 aliphatic carbocycles. The predicted molar refractivity (Wildman–Crippen MR) is 179 cm³/mol. The lowest BCUT2D eigenvalue weighted by atomic mass is 9.99. The number of nitrogens with zero attached hydrogens (tertiary/aromatic N) is 5. The Labute approximate surface area is 271 Å². The third-order valence-corrected chi connectivity index (χ3v) is 14.9. The van der Waals surface area contributed by atoms with Crippen LogP contribution in [0.15, 0.2) is 52.1 Å². The number of hydrogen-bond donors (Lipinski definition) is 1. The summed E-state index contributed by atoms with van der Waals surface area (Å²) in [6, 6.07) is 6.36. The third kappa shape index (κ3) is 8.26. The van der Waals surface area contributed by atoms with Gasteiger partial charge in [-0.3, -0.25) is 14.3 Å². The third-order valence-electron chi connectivity index (χ3n) is 8.75. The number of pyridine rings is 1. The van der Waals surface area contributed by atoms with Gasteiger partial charge in [0, 0.05) is 73.3 Å². The average Bonchev–Trinajstić information content (AvgIpc) is 3.29. The summed E-state index contributed by atoms with van der Waals surface area (Å²) < 4.78 is 53.6. The second-order valence-corrected chi connectivity index (χ2v) is 20.5. The summed E-state index contributed by atoms with van der Waals surface area (Å²) in [7, 11) is -3.59. The molecule has 1 saturated heterocycles. The number of amides is 2. The lowest BCUT2D eigenvalue weighted by Crippen LogP contribution is -2.42. The first-order chi connectivity index (χ1) is 21.3. The zero-order chi connectivity index (χ0) is 34.1. The van der Waals surface area contributed by atoms with Gasteiger partial charge in [-0.25, -0.2) is 18.0 Å². The van der Waals surface area contributed by atoms with Crippen LogP contribution in [0.2, 0.25) is 18.1 Å². The van der Waals surface area contributed by atoms with Gasteiger partial charge >= 0.3 is 0 Å². The minimum Gasteiger partial charge on any atom is -0.407 e. The Hall–Kier alpha value is -3.49. The highest BCUT2D eigenvalue weighted by Gasteiger charge is 2.38. The molecule has 1 aromatic carbocycles. The Kier molecular flexibility index (Phi) is 10.2. The Morgan fingerprint density at radius 1 is 1.17 bits per heavy atom. The van der Waals surface area contributed by atoms with Gasteiger partial charge in [-0.15, -0.1) is 0 Å². The summed E-state index contributed by atoms with van der Waals surface area (Å²) in [5, 5.41) is 7.01. The highest BCUT2D eigenvalue weighted by atomic mass is 32.2. The van der Waals surface area contributed by atoms with Crippen molar-refractivity contribution in [2.45, 2.75) is 75.9 Å². The van der Waals surface area contributed by atoms with E-state index in [9.17, 15) is 22.6 Å². The molecule has 0 saturated carbocycles. The maximum Gasteiger partial charge on any atom is 0.278 e. The SMILES string of the molecule is Cc1c(-c2cnn(C)c2)cnc(N2CCCC(F)(F)CC2)c1C(=O)Nc1cccc(S(C)(=O)=NC(=O)CO[Si](C)(C)C(C)(C)C)c1. The second-order valence-electron chi connectivity index (χ2n) is 13.4. The number of nitrogens with one attached hydrogen (secondary N) is 1. The molecule has 10 nitrogen and oxygen atoms in total. The molecule has 2 aromatic heterocycles. The molecule has 0 bridgehead atoms. The Morgan fingerprint density at radius 3 is 2.54 bits per heavy atom. The van der Waals surface area contributed by atoms with E-state index in [2.05, 4.69) is 40.5 Å². The van der Waals surface area contributed by atoms with E-state index in [1.165, 1.54) is 12.3 Å². The predicted octanol–water partition coefficient (Wildman–Crippen LogP) is 6.67. The fourth-order valence-corrected chi connectivity index (χ4v) is 7.10. The van der Waals surface area contributed by atoms with Crippen molar-refractivity contribution in [3.63, 3.8) is 0 Å². The molecule has 0 radical (unpaired) electrons. The van der Waals surface area contributed by atoms with E-state index in [0.717, 1.165) is 5.56 Å². The van der Waals surface area contributed by atoms with E-state index in [0.29, 0.717) is 29.2 Å². The fraction of sp³-hybridized carbons (Fsp3) is 0.500. The molecule has 1 atom stereocenters. The van der Waals surface area contributed by atoms with Crippen LogP contribution in [0.1, 0.15) is 56.0 Å². The fourth-order valence-electron chi connectivity index (χ4n) is 4.96. The molecule has 14 heteroatoms. The van der Waals surface area contributed by atoms with Gasteiger partial charge in [-0.2, -0.15) is 9.46 Å². The summed E-state index contributed by atoms with van der Waals surface area (Å²) in [5.74, 6) is -3.58. The molecule has 0 spiro atoms. The summed E-state index contributed by atoms with van der Waals surface area (Å²) >= 11 is 0. The first-order valence-electron chi connectivity index (χ1n) is 15.2. The Bertz CT molecular complexity index is 1740. The van der Waals surface area contributed by atoms with E-state index in [1.54, 1.807) is 60.3 Å². The highest BCUT2D eigenvalue weighted by Crippen LogP contribution is 2.37. The normalized spacial score (nSPS) is 16.8. The van der Waals surface area contributed by atoms with Crippen molar-refractivity contribution in [1.29, 1.82) is 0 Å². The van der Waals surface area contributed by atoms with Gasteiger partial charge in [-0.05, 0) is 55.2 Å². The number of halogens is 2. The molecule has 1 unspecified atom stereocenters. The van der Waals surface area contributed by atoms with Gasteiger partial charge in [0.25, 0.3) is 11.8 Å².